The summed E-state index contributed by atoms with van der Waals surface area (Å²) in [6, 6.07) is 17.4. The molecule has 0 spiro atoms. The van der Waals surface area contributed by atoms with E-state index in [9.17, 15) is 9.59 Å². The number of aromatic nitrogens is 3. The Morgan fingerprint density at radius 3 is 2.63 bits per heavy atom. The highest BCUT2D eigenvalue weighted by atomic mass is 16.2. The summed E-state index contributed by atoms with van der Waals surface area (Å²) >= 11 is 0. The molecule has 2 heterocycles. The van der Waals surface area contributed by atoms with Crippen molar-refractivity contribution in [1.29, 1.82) is 0 Å². The van der Waals surface area contributed by atoms with Crippen molar-refractivity contribution in [3.8, 4) is 0 Å². The first kappa shape index (κ1) is 17.0. The summed E-state index contributed by atoms with van der Waals surface area (Å²) in [6.07, 6.45) is 2.86. The first-order valence-corrected chi connectivity index (χ1v) is 8.93. The third-order valence-electron chi connectivity index (χ3n) is 4.71. The molecular weight excluding hydrogens is 340 g/mol. The number of nitrogens with one attached hydrogen (secondary N) is 1. The number of nitrogens with zero attached hydrogens (tertiary/aromatic N) is 3. The van der Waals surface area contributed by atoms with E-state index >= 15 is 0 Å². The number of aryl methyl sites for hydroxylation is 2. The third kappa shape index (κ3) is 3.21. The Balaban J connectivity index is 1.45. The van der Waals surface area contributed by atoms with Gasteiger partial charge in [0, 0.05) is 37.2 Å². The molecule has 6 heteroatoms. The van der Waals surface area contributed by atoms with Crippen molar-refractivity contribution in [3.05, 3.63) is 76.8 Å². The molecule has 1 amide bonds. The third-order valence-corrected chi connectivity index (χ3v) is 4.71. The van der Waals surface area contributed by atoms with E-state index in [-0.39, 0.29) is 17.2 Å². The lowest BCUT2D eigenvalue weighted by molar-refractivity contribution is 0.0947. The number of benzene rings is 2. The minimum absolute atomic E-state index is 0.207. The number of rotatable bonds is 5. The standard InChI is InChI=1S/C21H20N4O2/c1-24-21(27)17-9-4-3-8-16(17)19(23-24)20(26)22-12-6-13-25-14-11-15-7-2-5-10-18(15)25/h2-5,7-11,14H,6,12-13H2,1H3,(H,22,26). The Hall–Kier alpha value is -3.41. The molecule has 2 aromatic heterocycles. The van der Waals surface area contributed by atoms with Crippen LogP contribution < -0.4 is 10.9 Å². The van der Waals surface area contributed by atoms with Gasteiger partial charge in [-0.1, -0.05) is 36.4 Å². The lowest BCUT2D eigenvalue weighted by atomic mass is 10.1. The Kier molecular flexibility index (Phi) is 4.46. The molecule has 0 aliphatic heterocycles. The number of fused-ring (bicyclic) bond motifs is 2. The van der Waals surface area contributed by atoms with Gasteiger partial charge in [0.1, 0.15) is 0 Å². The molecule has 0 atom stereocenters. The molecule has 1 N–H and O–H groups in total. The van der Waals surface area contributed by atoms with Crippen molar-refractivity contribution in [3.63, 3.8) is 0 Å². The SMILES string of the molecule is Cn1nc(C(=O)NCCCn2ccc3ccccc32)c2ccccc2c1=O. The van der Waals surface area contributed by atoms with Crippen molar-refractivity contribution in [2.24, 2.45) is 7.05 Å². The molecule has 0 fully saturated rings. The zero-order valence-electron chi connectivity index (χ0n) is 15.1. The fraction of sp³-hybridized carbons (Fsp3) is 0.190. The number of para-hydroxylation sites is 1. The number of carbonyl (C=O) groups excluding carboxylic acids is 1. The highest BCUT2D eigenvalue weighted by Crippen LogP contribution is 2.15. The maximum Gasteiger partial charge on any atom is 0.274 e. The van der Waals surface area contributed by atoms with Crippen LogP contribution in [0.25, 0.3) is 21.7 Å². The summed E-state index contributed by atoms with van der Waals surface area (Å²) in [5.74, 6) is -0.265. The van der Waals surface area contributed by atoms with Gasteiger partial charge in [-0.25, -0.2) is 4.68 Å². The molecule has 27 heavy (non-hydrogen) atoms. The van der Waals surface area contributed by atoms with E-state index in [0.29, 0.717) is 17.3 Å². The van der Waals surface area contributed by atoms with Gasteiger partial charge in [-0.05, 0) is 30.0 Å². The summed E-state index contributed by atoms with van der Waals surface area (Å²) in [7, 11) is 1.56. The van der Waals surface area contributed by atoms with Crippen molar-refractivity contribution in [1.82, 2.24) is 19.7 Å². The van der Waals surface area contributed by atoms with Crippen LogP contribution in [0.15, 0.2) is 65.6 Å². The highest BCUT2D eigenvalue weighted by Gasteiger charge is 2.15. The van der Waals surface area contributed by atoms with Gasteiger partial charge in [-0.15, -0.1) is 0 Å². The van der Waals surface area contributed by atoms with E-state index in [2.05, 4.69) is 39.4 Å². The minimum atomic E-state index is -0.265. The van der Waals surface area contributed by atoms with Crippen LogP contribution in [-0.4, -0.2) is 26.8 Å². The van der Waals surface area contributed by atoms with E-state index in [1.807, 2.05) is 12.1 Å². The Morgan fingerprint density at radius 2 is 1.78 bits per heavy atom. The number of carbonyl (C=O) groups is 1. The number of amides is 1. The van der Waals surface area contributed by atoms with Crippen LogP contribution in [0.1, 0.15) is 16.9 Å². The molecule has 0 bridgehead atoms. The quantitative estimate of drug-likeness (QED) is 0.557. The molecular formula is C21H20N4O2. The molecule has 0 aliphatic carbocycles. The summed E-state index contributed by atoms with van der Waals surface area (Å²) in [6.45, 7) is 1.35. The van der Waals surface area contributed by atoms with Crippen LogP contribution in [0.4, 0.5) is 0 Å². The van der Waals surface area contributed by atoms with E-state index in [4.69, 9.17) is 0 Å². The molecule has 0 unspecified atom stereocenters. The second-order valence-electron chi connectivity index (χ2n) is 6.50. The fourth-order valence-corrected chi connectivity index (χ4v) is 3.34. The van der Waals surface area contributed by atoms with Crippen molar-refractivity contribution in [2.75, 3.05) is 6.54 Å². The average Bonchev–Trinajstić information content (AvgIpc) is 3.11. The first-order valence-electron chi connectivity index (χ1n) is 8.93. The zero-order chi connectivity index (χ0) is 18.8. The molecule has 136 valence electrons. The molecule has 0 radical (unpaired) electrons. The second-order valence-corrected chi connectivity index (χ2v) is 6.50. The number of hydrogen-bond acceptors (Lipinski definition) is 3. The molecule has 0 saturated heterocycles. The van der Waals surface area contributed by atoms with Crippen LogP contribution >= 0.6 is 0 Å². The van der Waals surface area contributed by atoms with Crippen LogP contribution in [0.2, 0.25) is 0 Å². The van der Waals surface area contributed by atoms with Gasteiger partial charge in [-0.2, -0.15) is 5.10 Å². The van der Waals surface area contributed by atoms with Crippen LogP contribution in [0.3, 0.4) is 0 Å². The van der Waals surface area contributed by atoms with Crippen molar-refractivity contribution in [2.45, 2.75) is 13.0 Å². The lowest BCUT2D eigenvalue weighted by Crippen LogP contribution is -2.30. The summed E-state index contributed by atoms with van der Waals surface area (Å²) in [5, 5.41) is 9.36. The molecule has 0 saturated carbocycles. The second kappa shape index (κ2) is 7.07. The van der Waals surface area contributed by atoms with E-state index in [1.54, 1.807) is 31.3 Å². The topological polar surface area (TPSA) is 68.9 Å². The monoisotopic (exact) mass is 360 g/mol. The molecule has 0 aliphatic rings. The Bertz CT molecular complexity index is 1190. The van der Waals surface area contributed by atoms with Gasteiger partial charge in [0.05, 0.1) is 5.39 Å². The highest BCUT2D eigenvalue weighted by molar-refractivity contribution is 6.04. The predicted molar refractivity (Wildman–Crippen MR) is 106 cm³/mol. The van der Waals surface area contributed by atoms with Gasteiger partial charge in [0.25, 0.3) is 11.5 Å². The van der Waals surface area contributed by atoms with Crippen molar-refractivity contribution < 1.29 is 4.79 Å². The first-order chi connectivity index (χ1) is 13.1. The Morgan fingerprint density at radius 1 is 1.04 bits per heavy atom. The normalized spacial score (nSPS) is 11.1. The summed E-state index contributed by atoms with van der Waals surface area (Å²) < 4.78 is 3.39. The molecule has 2 aromatic carbocycles. The molecule has 4 rings (SSSR count). The van der Waals surface area contributed by atoms with E-state index in [0.717, 1.165) is 13.0 Å². The van der Waals surface area contributed by atoms with Crippen LogP contribution in [-0.2, 0) is 13.6 Å². The van der Waals surface area contributed by atoms with Crippen LogP contribution in [0, 0.1) is 0 Å². The zero-order valence-corrected chi connectivity index (χ0v) is 15.1. The van der Waals surface area contributed by atoms with Gasteiger partial charge in [0.15, 0.2) is 5.69 Å². The van der Waals surface area contributed by atoms with Crippen LogP contribution in [0.5, 0.6) is 0 Å². The van der Waals surface area contributed by atoms with Gasteiger partial charge in [-0.3, -0.25) is 9.59 Å². The summed E-state index contributed by atoms with van der Waals surface area (Å²) in [5.41, 5.74) is 1.26. The van der Waals surface area contributed by atoms with Crippen molar-refractivity contribution >= 4 is 27.6 Å². The lowest BCUT2D eigenvalue weighted by Gasteiger charge is -2.09. The number of hydrogen-bond donors (Lipinski definition) is 1. The van der Waals surface area contributed by atoms with Gasteiger partial charge < -0.3 is 9.88 Å². The van der Waals surface area contributed by atoms with Gasteiger partial charge in [0.2, 0.25) is 0 Å². The fourth-order valence-electron chi connectivity index (χ4n) is 3.34. The van der Waals surface area contributed by atoms with E-state index < -0.39 is 0 Å². The molecule has 6 nitrogen and oxygen atoms in total. The van der Waals surface area contributed by atoms with E-state index in [1.165, 1.54) is 15.6 Å². The maximum absolute atomic E-state index is 12.6. The minimum Gasteiger partial charge on any atom is -0.351 e. The van der Waals surface area contributed by atoms with Gasteiger partial charge >= 0.3 is 0 Å². The Labute approximate surface area is 156 Å². The average molecular weight is 360 g/mol. The smallest absolute Gasteiger partial charge is 0.274 e. The largest absolute Gasteiger partial charge is 0.351 e. The molecule has 4 aromatic rings. The predicted octanol–water partition coefficient (Wildman–Crippen LogP) is 2.71. The summed E-state index contributed by atoms with van der Waals surface area (Å²) in [4.78, 5) is 24.8. The maximum atomic E-state index is 12.6.